The van der Waals surface area contributed by atoms with Crippen molar-refractivity contribution < 1.29 is 14.3 Å². The van der Waals surface area contributed by atoms with E-state index in [-0.39, 0.29) is 24.0 Å². The molecule has 2 atom stereocenters. The van der Waals surface area contributed by atoms with Crippen molar-refractivity contribution in [2.45, 2.75) is 45.3 Å². The van der Waals surface area contributed by atoms with Crippen molar-refractivity contribution in [3.63, 3.8) is 0 Å². The van der Waals surface area contributed by atoms with Gasteiger partial charge in [-0.2, -0.15) is 0 Å². The van der Waals surface area contributed by atoms with Gasteiger partial charge in [-0.05, 0) is 12.8 Å². The molecule has 13 heavy (non-hydrogen) atoms. The standard InChI is InChI=1S/C9H15NO3/c1-6(11)10-8-3-4-9(5-8)13-7(2)12/h8-9H,3-5H2,1-2H3,(H,10,11)/t8-,9+/m1/s1. The lowest BCUT2D eigenvalue weighted by molar-refractivity contribution is -0.145. The molecule has 0 bridgehead atoms. The molecule has 0 aliphatic heterocycles. The lowest BCUT2D eigenvalue weighted by Gasteiger charge is -2.11. The van der Waals surface area contributed by atoms with Crippen LogP contribution in [0.25, 0.3) is 0 Å². The molecule has 0 spiro atoms. The molecule has 1 fully saturated rings. The number of nitrogens with one attached hydrogen (secondary N) is 1. The summed E-state index contributed by atoms with van der Waals surface area (Å²) in [6, 6.07) is 0.182. The monoisotopic (exact) mass is 185 g/mol. The van der Waals surface area contributed by atoms with Crippen LogP contribution in [0.1, 0.15) is 33.1 Å². The number of ether oxygens (including phenoxy) is 1. The van der Waals surface area contributed by atoms with Gasteiger partial charge in [0.25, 0.3) is 0 Å². The van der Waals surface area contributed by atoms with E-state index in [1.54, 1.807) is 0 Å². The Labute approximate surface area is 77.6 Å². The molecule has 1 aliphatic rings. The Bertz CT molecular complexity index is 193. The average molecular weight is 185 g/mol. The first-order chi connectivity index (χ1) is 6.08. The van der Waals surface area contributed by atoms with Gasteiger partial charge in [-0.3, -0.25) is 9.59 Å². The normalized spacial score (nSPS) is 26.9. The van der Waals surface area contributed by atoms with Crippen LogP contribution in [0.4, 0.5) is 0 Å². The van der Waals surface area contributed by atoms with Crippen LogP contribution in [0.15, 0.2) is 0 Å². The van der Waals surface area contributed by atoms with Gasteiger partial charge >= 0.3 is 5.97 Å². The van der Waals surface area contributed by atoms with Crippen molar-refractivity contribution in [1.29, 1.82) is 0 Å². The first kappa shape index (κ1) is 10.0. The molecule has 1 N–H and O–H groups in total. The minimum Gasteiger partial charge on any atom is -0.462 e. The van der Waals surface area contributed by atoms with Crippen LogP contribution in [-0.2, 0) is 14.3 Å². The Morgan fingerprint density at radius 1 is 1.31 bits per heavy atom. The summed E-state index contributed by atoms with van der Waals surface area (Å²) in [7, 11) is 0. The molecule has 1 saturated carbocycles. The fourth-order valence-corrected chi connectivity index (χ4v) is 1.70. The maximum absolute atomic E-state index is 10.7. The minimum atomic E-state index is -0.242. The third kappa shape index (κ3) is 3.44. The molecule has 4 heteroatoms. The molecule has 0 radical (unpaired) electrons. The molecule has 1 aliphatic carbocycles. The van der Waals surface area contributed by atoms with Gasteiger partial charge in [0.2, 0.25) is 5.91 Å². The molecule has 1 amide bonds. The summed E-state index contributed by atoms with van der Waals surface area (Å²) in [4.78, 5) is 21.3. The van der Waals surface area contributed by atoms with Crippen LogP contribution in [0.2, 0.25) is 0 Å². The van der Waals surface area contributed by atoms with Gasteiger partial charge < -0.3 is 10.1 Å². The van der Waals surface area contributed by atoms with Crippen molar-refractivity contribution in [2.75, 3.05) is 0 Å². The van der Waals surface area contributed by atoms with Gasteiger partial charge in [-0.1, -0.05) is 0 Å². The van der Waals surface area contributed by atoms with Crippen molar-refractivity contribution in [3.8, 4) is 0 Å². The minimum absolute atomic E-state index is 0.00523. The van der Waals surface area contributed by atoms with E-state index in [0.29, 0.717) is 0 Å². The van der Waals surface area contributed by atoms with E-state index in [1.165, 1.54) is 13.8 Å². The Morgan fingerprint density at radius 2 is 2.00 bits per heavy atom. The molecule has 0 unspecified atom stereocenters. The third-order valence-corrected chi connectivity index (χ3v) is 2.12. The Morgan fingerprint density at radius 3 is 2.54 bits per heavy atom. The van der Waals surface area contributed by atoms with Gasteiger partial charge in [0.1, 0.15) is 6.10 Å². The zero-order valence-corrected chi connectivity index (χ0v) is 8.00. The predicted octanol–water partition coefficient (Wildman–Crippen LogP) is 0.607. The summed E-state index contributed by atoms with van der Waals surface area (Å²) in [6.07, 6.45) is 2.50. The van der Waals surface area contributed by atoms with Gasteiger partial charge in [0.05, 0.1) is 0 Å². The fraction of sp³-hybridized carbons (Fsp3) is 0.778. The molecular weight excluding hydrogens is 170 g/mol. The van der Waals surface area contributed by atoms with E-state index in [0.717, 1.165) is 19.3 Å². The summed E-state index contributed by atoms with van der Waals surface area (Å²) in [6.45, 7) is 2.91. The maximum Gasteiger partial charge on any atom is 0.302 e. The first-order valence-corrected chi connectivity index (χ1v) is 4.52. The second-order valence-electron chi connectivity index (χ2n) is 3.44. The molecule has 0 heterocycles. The molecule has 1 rings (SSSR count). The summed E-state index contributed by atoms with van der Waals surface area (Å²) < 4.78 is 5.03. The fourth-order valence-electron chi connectivity index (χ4n) is 1.70. The second kappa shape index (κ2) is 4.25. The van der Waals surface area contributed by atoms with Crippen molar-refractivity contribution in [2.24, 2.45) is 0 Å². The van der Waals surface area contributed by atoms with Crippen LogP contribution >= 0.6 is 0 Å². The van der Waals surface area contributed by atoms with Gasteiger partial charge in [0.15, 0.2) is 0 Å². The highest BCUT2D eigenvalue weighted by atomic mass is 16.5. The Kier molecular flexibility index (Phi) is 3.28. The predicted molar refractivity (Wildman–Crippen MR) is 47.0 cm³/mol. The second-order valence-corrected chi connectivity index (χ2v) is 3.44. The number of rotatable bonds is 2. The highest BCUT2D eigenvalue weighted by molar-refractivity contribution is 5.73. The molecule has 0 aromatic heterocycles. The van der Waals surface area contributed by atoms with Crippen molar-refractivity contribution >= 4 is 11.9 Å². The largest absolute Gasteiger partial charge is 0.462 e. The quantitative estimate of drug-likeness (QED) is 0.641. The molecule has 0 aromatic carbocycles. The summed E-state index contributed by atoms with van der Waals surface area (Å²) in [5.41, 5.74) is 0. The number of hydrogen-bond acceptors (Lipinski definition) is 3. The summed E-state index contributed by atoms with van der Waals surface area (Å²) in [5.74, 6) is -0.262. The van der Waals surface area contributed by atoms with Gasteiger partial charge in [-0.15, -0.1) is 0 Å². The van der Waals surface area contributed by atoms with Crippen LogP contribution in [-0.4, -0.2) is 24.0 Å². The van der Waals surface area contributed by atoms with Crippen LogP contribution in [0.3, 0.4) is 0 Å². The first-order valence-electron chi connectivity index (χ1n) is 4.52. The zero-order valence-electron chi connectivity index (χ0n) is 8.00. The van der Waals surface area contributed by atoms with Crippen LogP contribution in [0.5, 0.6) is 0 Å². The topological polar surface area (TPSA) is 55.4 Å². The SMILES string of the molecule is CC(=O)N[C@@H]1CC[C@H](OC(C)=O)C1. The molecule has 0 aromatic rings. The van der Waals surface area contributed by atoms with E-state index in [1.807, 2.05) is 0 Å². The number of carbonyl (C=O) groups excluding carboxylic acids is 2. The van der Waals surface area contributed by atoms with E-state index >= 15 is 0 Å². The summed E-state index contributed by atoms with van der Waals surface area (Å²) in [5, 5.41) is 2.81. The smallest absolute Gasteiger partial charge is 0.302 e. The lowest BCUT2D eigenvalue weighted by atomic mass is 10.2. The highest BCUT2D eigenvalue weighted by Gasteiger charge is 2.26. The molecular formula is C9H15NO3. The van der Waals surface area contributed by atoms with Gasteiger partial charge in [-0.25, -0.2) is 0 Å². The summed E-state index contributed by atoms with van der Waals surface area (Å²) >= 11 is 0. The average Bonchev–Trinajstić information content (AvgIpc) is 2.33. The molecule has 0 saturated heterocycles. The van der Waals surface area contributed by atoms with Crippen molar-refractivity contribution in [1.82, 2.24) is 5.32 Å². The molecule has 74 valence electrons. The number of hydrogen-bond donors (Lipinski definition) is 1. The van der Waals surface area contributed by atoms with Crippen LogP contribution < -0.4 is 5.32 Å². The molecule has 4 nitrogen and oxygen atoms in total. The zero-order chi connectivity index (χ0) is 9.84. The number of amides is 1. The number of esters is 1. The Balaban J connectivity index is 2.27. The van der Waals surface area contributed by atoms with E-state index in [4.69, 9.17) is 4.74 Å². The van der Waals surface area contributed by atoms with Crippen LogP contribution in [0, 0.1) is 0 Å². The third-order valence-electron chi connectivity index (χ3n) is 2.12. The van der Waals surface area contributed by atoms with E-state index in [2.05, 4.69) is 5.32 Å². The maximum atomic E-state index is 10.7. The lowest BCUT2D eigenvalue weighted by Crippen LogP contribution is -2.31. The van der Waals surface area contributed by atoms with E-state index < -0.39 is 0 Å². The van der Waals surface area contributed by atoms with Crippen molar-refractivity contribution in [3.05, 3.63) is 0 Å². The van der Waals surface area contributed by atoms with Gasteiger partial charge in [0, 0.05) is 26.3 Å². The number of carbonyl (C=O) groups is 2. The Hall–Kier alpha value is -1.06. The highest BCUT2D eigenvalue weighted by Crippen LogP contribution is 2.21. The van der Waals surface area contributed by atoms with E-state index in [9.17, 15) is 9.59 Å².